The molecular weight excluding hydrogens is 298 g/mol. The minimum atomic E-state index is -0.0594. The van der Waals surface area contributed by atoms with E-state index in [2.05, 4.69) is 28.5 Å². The van der Waals surface area contributed by atoms with Crippen LogP contribution in [0.15, 0.2) is 48.8 Å². The summed E-state index contributed by atoms with van der Waals surface area (Å²) in [6.45, 7) is 1.27. The fraction of sp³-hybridized carbons (Fsp3) is 0.300. The second kappa shape index (κ2) is 6.48. The van der Waals surface area contributed by atoms with Crippen LogP contribution in [0, 0.1) is 0 Å². The molecule has 2 amide bonds. The van der Waals surface area contributed by atoms with Crippen molar-refractivity contribution in [2.24, 2.45) is 0 Å². The number of rotatable bonds is 2. The first-order valence-corrected chi connectivity index (χ1v) is 8.57. The minimum absolute atomic E-state index is 0.0594. The number of anilines is 1. The maximum atomic E-state index is 12.5. The molecule has 24 heavy (non-hydrogen) atoms. The molecular formula is C20H21N3O. The summed E-state index contributed by atoms with van der Waals surface area (Å²) in [7, 11) is 0. The van der Waals surface area contributed by atoms with Gasteiger partial charge in [-0.3, -0.25) is 4.98 Å². The number of nitrogens with one attached hydrogen (secondary N) is 1. The molecule has 1 aromatic carbocycles. The molecule has 0 spiro atoms. The summed E-state index contributed by atoms with van der Waals surface area (Å²) < 4.78 is 0. The quantitative estimate of drug-likeness (QED) is 0.880. The Bertz CT molecular complexity index is 755. The third kappa shape index (κ3) is 3.04. The Morgan fingerprint density at radius 1 is 1.04 bits per heavy atom. The van der Waals surface area contributed by atoms with Crippen LogP contribution in [0.2, 0.25) is 0 Å². The lowest BCUT2D eigenvalue weighted by Gasteiger charge is -2.17. The van der Waals surface area contributed by atoms with E-state index in [1.807, 2.05) is 29.3 Å². The van der Waals surface area contributed by atoms with Crippen molar-refractivity contribution in [3.63, 3.8) is 0 Å². The van der Waals surface area contributed by atoms with Crippen LogP contribution in [0.3, 0.4) is 0 Å². The Morgan fingerprint density at radius 3 is 2.62 bits per heavy atom. The summed E-state index contributed by atoms with van der Waals surface area (Å²) in [5, 5.41) is 3.00. The first kappa shape index (κ1) is 14.9. The Balaban J connectivity index is 1.41. The van der Waals surface area contributed by atoms with Gasteiger partial charge in [0.2, 0.25) is 0 Å². The largest absolute Gasteiger partial charge is 0.322 e. The van der Waals surface area contributed by atoms with Gasteiger partial charge >= 0.3 is 6.03 Å². The summed E-state index contributed by atoms with van der Waals surface area (Å²) in [5.74, 6) is 0. The SMILES string of the molecule is O=C(Nc1ccc(C2=CCCCC2)cc1)N1Cc2ccncc2C1. The van der Waals surface area contributed by atoms with E-state index in [-0.39, 0.29) is 6.03 Å². The molecule has 4 nitrogen and oxygen atoms in total. The van der Waals surface area contributed by atoms with Crippen molar-refractivity contribution in [2.45, 2.75) is 38.8 Å². The molecule has 1 aromatic heterocycles. The number of allylic oxidation sites excluding steroid dienone is 2. The number of hydrogen-bond donors (Lipinski definition) is 1. The van der Waals surface area contributed by atoms with Gasteiger partial charge in [0, 0.05) is 31.2 Å². The van der Waals surface area contributed by atoms with Crippen LogP contribution in [0.1, 0.15) is 42.4 Å². The maximum absolute atomic E-state index is 12.5. The van der Waals surface area contributed by atoms with Crippen molar-refractivity contribution in [1.29, 1.82) is 0 Å². The molecule has 122 valence electrons. The number of benzene rings is 1. The van der Waals surface area contributed by atoms with Crippen molar-refractivity contribution in [1.82, 2.24) is 9.88 Å². The van der Waals surface area contributed by atoms with Gasteiger partial charge in [0.05, 0.1) is 0 Å². The first-order valence-electron chi connectivity index (χ1n) is 8.57. The van der Waals surface area contributed by atoms with Gasteiger partial charge in [0.1, 0.15) is 0 Å². The lowest BCUT2D eigenvalue weighted by atomic mass is 9.94. The molecule has 0 bridgehead atoms. The van der Waals surface area contributed by atoms with Crippen molar-refractivity contribution in [2.75, 3.05) is 5.32 Å². The molecule has 2 heterocycles. The standard InChI is InChI=1S/C20H21N3O/c24-20(23-13-17-10-11-21-12-18(17)14-23)22-19-8-6-16(7-9-19)15-4-2-1-3-5-15/h4,6-12H,1-3,5,13-14H2,(H,22,24). The molecule has 4 heteroatoms. The third-order valence-corrected chi connectivity index (χ3v) is 4.81. The number of amides is 2. The third-order valence-electron chi connectivity index (χ3n) is 4.81. The Hall–Kier alpha value is -2.62. The zero-order valence-electron chi connectivity index (χ0n) is 13.7. The highest BCUT2D eigenvalue weighted by Crippen LogP contribution is 2.28. The van der Waals surface area contributed by atoms with E-state index in [9.17, 15) is 4.79 Å². The van der Waals surface area contributed by atoms with E-state index < -0.39 is 0 Å². The van der Waals surface area contributed by atoms with Crippen LogP contribution in [-0.4, -0.2) is 15.9 Å². The molecule has 2 aromatic rings. The van der Waals surface area contributed by atoms with Crippen LogP contribution in [0.4, 0.5) is 10.5 Å². The van der Waals surface area contributed by atoms with E-state index in [1.54, 1.807) is 6.20 Å². The normalized spacial score (nSPS) is 16.5. The first-order chi connectivity index (χ1) is 11.8. The fourth-order valence-corrected chi connectivity index (χ4v) is 3.43. The lowest BCUT2D eigenvalue weighted by Crippen LogP contribution is -2.30. The van der Waals surface area contributed by atoms with Crippen molar-refractivity contribution >= 4 is 17.3 Å². The van der Waals surface area contributed by atoms with Gasteiger partial charge in [0.15, 0.2) is 0 Å². The monoisotopic (exact) mass is 319 g/mol. The van der Waals surface area contributed by atoms with Crippen LogP contribution in [0.25, 0.3) is 5.57 Å². The van der Waals surface area contributed by atoms with Gasteiger partial charge in [-0.2, -0.15) is 0 Å². The molecule has 0 saturated heterocycles. The molecule has 0 radical (unpaired) electrons. The van der Waals surface area contributed by atoms with Crippen molar-refractivity contribution in [3.05, 3.63) is 65.5 Å². The number of carbonyl (C=O) groups is 1. The van der Waals surface area contributed by atoms with Crippen molar-refractivity contribution in [3.8, 4) is 0 Å². The number of carbonyl (C=O) groups excluding carboxylic acids is 1. The highest BCUT2D eigenvalue weighted by atomic mass is 16.2. The number of aromatic nitrogens is 1. The van der Waals surface area contributed by atoms with Gasteiger partial charge in [0.25, 0.3) is 0 Å². The number of fused-ring (bicyclic) bond motifs is 1. The van der Waals surface area contributed by atoms with E-state index in [0.717, 1.165) is 17.7 Å². The van der Waals surface area contributed by atoms with Gasteiger partial charge < -0.3 is 10.2 Å². The summed E-state index contributed by atoms with van der Waals surface area (Å²) >= 11 is 0. The Kier molecular flexibility index (Phi) is 4.03. The minimum Gasteiger partial charge on any atom is -0.316 e. The lowest BCUT2D eigenvalue weighted by molar-refractivity contribution is 0.212. The van der Waals surface area contributed by atoms with Gasteiger partial charge in [-0.15, -0.1) is 0 Å². The predicted molar refractivity (Wildman–Crippen MR) is 95.4 cm³/mol. The maximum Gasteiger partial charge on any atom is 0.322 e. The second-order valence-electron chi connectivity index (χ2n) is 6.48. The average molecular weight is 319 g/mol. The summed E-state index contributed by atoms with van der Waals surface area (Å²) in [4.78, 5) is 18.4. The van der Waals surface area contributed by atoms with E-state index >= 15 is 0 Å². The molecule has 2 aliphatic rings. The molecule has 1 aliphatic heterocycles. The molecule has 0 unspecified atom stereocenters. The van der Waals surface area contributed by atoms with Gasteiger partial charge in [-0.1, -0.05) is 18.2 Å². The van der Waals surface area contributed by atoms with E-state index in [1.165, 1.54) is 36.0 Å². The predicted octanol–water partition coefficient (Wildman–Crippen LogP) is 4.59. The van der Waals surface area contributed by atoms with Gasteiger partial charge in [-0.25, -0.2) is 4.79 Å². The molecule has 1 aliphatic carbocycles. The van der Waals surface area contributed by atoms with Crippen molar-refractivity contribution < 1.29 is 4.79 Å². The number of hydrogen-bond acceptors (Lipinski definition) is 2. The van der Waals surface area contributed by atoms with E-state index in [4.69, 9.17) is 0 Å². The molecule has 1 N–H and O–H groups in total. The molecule has 4 rings (SSSR count). The second-order valence-corrected chi connectivity index (χ2v) is 6.48. The molecule has 0 atom stereocenters. The number of urea groups is 1. The van der Waals surface area contributed by atoms with Crippen LogP contribution in [0.5, 0.6) is 0 Å². The smallest absolute Gasteiger partial charge is 0.316 e. The van der Waals surface area contributed by atoms with Crippen LogP contribution >= 0.6 is 0 Å². The summed E-state index contributed by atoms with van der Waals surface area (Å²) in [5.41, 5.74) is 5.86. The Labute approximate surface area is 142 Å². The zero-order valence-corrected chi connectivity index (χ0v) is 13.7. The highest BCUT2D eigenvalue weighted by molar-refractivity contribution is 5.90. The summed E-state index contributed by atoms with van der Waals surface area (Å²) in [6.07, 6.45) is 10.9. The average Bonchev–Trinajstić information content (AvgIpc) is 3.07. The number of nitrogens with zero attached hydrogens (tertiary/aromatic N) is 2. The highest BCUT2D eigenvalue weighted by Gasteiger charge is 2.23. The van der Waals surface area contributed by atoms with Crippen LogP contribution in [-0.2, 0) is 13.1 Å². The van der Waals surface area contributed by atoms with Gasteiger partial charge in [-0.05, 0) is 66.1 Å². The number of pyridine rings is 1. The molecule has 0 fully saturated rings. The fourth-order valence-electron chi connectivity index (χ4n) is 3.43. The summed E-state index contributed by atoms with van der Waals surface area (Å²) in [6, 6.07) is 10.1. The van der Waals surface area contributed by atoms with E-state index in [0.29, 0.717) is 13.1 Å². The Morgan fingerprint density at radius 2 is 1.88 bits per heavy atom. The topological polar surface area (TPSA) is 45.2 Å². The van der Waals surface area contributed by atoms with Crippen LogP contribution < -0.4 is 5.32 Å². The zero-order chi connectivity index (χ0) is 16.4. The molecule has 0 saturated carbocycles.